The average Bonchev–Trinajstić information content (AvgIpc) is 2.66. The summed E-state index contributed by atoms with van der Waals surface area (Å²) in [5.74, 6) is -2.35. The van der Waals surface area contributed by atoms with Gasteiger partial charge in [0.25, 0.3) is 11.8 Å². The van der Waals surface area contributed by atoms with Crippen molar-refractivity contribution in [1.82, 2.24) is 4.90 Å². The molecule has 1 N–H and O–H groups in total. The summed E-state index contributed by atoms with van der Waals surface area (Å²) in [5, 5.41) is 2.62. The van der Waals surface area contributed by atoms with Crippen molar-refractivity contribution < 1.29 is 23.9 Å². The number of amides is 3. The van der Waals surface area contributed by atoms with Crippen LogP contribution in [-0.4, -0.2) is 41.2 Å². The fourth-order valence-corrected chi connectivity index (χ4v) is 2.74. The second-order valence-electron chi connectivity index (χ2n) is 6.11. The molecule has 1 aliphatic heterocycles. The van der Waals surface area contributed by atoms with Crippen LogP contribution in [0.1, 0.15) is 22.8 Å². The van der Waals surface area contributed by atoms with Crippen molar-refractivity contribution in [3.05, 3.63) is 65.7 Å². The van der Waals surface area contributed by atoms with Gasteiger partial charge in [-0.15, -0.1) is 0 Å². The zero-order valence-electron chi connectivity index (χ0n) is 14.7. The average molecular weight is 366 g/mol. The van der Waals surface area contributed by atoms with Gasteiger partial charge in [-0.05, 0) is 30.7 Å². The predicted molar refractivity (Wildman–Crippen MR) is 96.8 cm³/mol. The Bertz CT molecular complexity index is 894. The third kappa shape index (κ3) is 4.20. The molecule has 1 aliphatic rings. The lowest BCUT2D eigenvalue weighted by Gasteiger charge is -2.26. The lowest BCUT2D eigenvalue weighted by molar-refractivity contribution is -0.155. The summed E-state index contributed by atoms with van der Waals surface area (Å²) in [6.45, 7) is 0.889. The number of fused-ring (bicyclic) bond motifs is 1. The van der Waals surface area contributed by atoms with Crippen LogP contribution in [0.3, 0.4) is 0 Å². The van der Waals surface area contributed by atoms with Gasteiger partial charge in [0.15, 0.2) is 6.10 Å². The van der Waals surface area contributed by atoms with Crippen molar-refractivity contribution in [2.75, 3.05) is 11.9 Å². The smallest absolute Gasteiger partial charge is 0.326 e. The molecular weight excluding hydrogens is 348 g/mol. The van der Waals surface area contributed by atoms with E-state index in [9.17, 15) is 19.2 Å². The molecule has 138 valence electrons. The standard InChI is InChI=1S/C20H18N2O5/c1-13(19(25)21-15-8-3-2-4-9-15)27-18(24)12-22-17(23)11-14-7-5-6-10-16(14)20(22)26/h2-10,13H,11-12H2,1H3,(H,21,25)/t13-/m0/s1. The van der Waals surface area contributed by atoms with Crippen LogP contribution in [0.5, 0.6) is 0 Å². The Morgan fingerprint density at radius 1 is 1.07 bits per heavy atom. The van der Waals surface area contributed by atoms with E-state index in [4.69, 9.17) is 4.74 Å². The predicted octanol–water partition coefficient (Wildman–Crippen LogP) is 1.78. The molecule has 0 radical (unpaired) electrons. The van der Waals surface area contributed by atoms with Crippen LogP contribution < -0.4 is 5.32 Å². The van der Waals surface area contributed by atoms with Crippen LogP contribution in [0.2, 0.25) is 0 Å². The number of carbonyl (C=O) groups excluding carboxylic acids is 4. The fourth-order valence-electron chi connectivity index (χ4n) is 2.74. The highest BCUT2D eigenvalue weighted by molar-refractivity contribution is 6.11. The molecule has 7 heteroatoms. The van der Waals surface area contributed by atoms with Crippen LogP contribution in [0.15, 0.2) is 54.6 Å². The number of esters is 1. The number of hydrogen-bond donors (Lipinski definition) is 1. The van der Waals surface area contributed by atoms with Gasteiger partial charge in [0.1, 0.15) is 6.54 Å². The number of carbonyl (C=O) groups is 4. The van der Waals surface area contributed by atoms with E-state index in [1.165, 1.54) is 6.92 Å². The minimum atomic E-state index is -1.07. The topological polar surface area (TPSA) is 92.8 Å². The van der Waals surface area contributed by atoms with Crippen LogP contribution >= 0.6 is 0 Å². The van der Waals surface area contributed by atoms with Gasteiger partial charge < -0.3 is 10.1 Å². The third-order valence-corrected chi connectivity index (χ3v) is 4.14. The molecule has 2 aromatic carbocycles. The molecule has 0 aromatic heterocycles. The Morgan fingerprint density at radius 3 is 2.48 bits per heavy atom. The van der Waals surface area contributed by atoms with Crippen LogP contribution in [-0.2, 0) is 25.5 Å². The number of anilines is 1. The monoisotopic (exact) mass is 366 g/mol. The third-order valence-electron chi connectivity index (χ3n) is 4.14. The first-order chi connectivity index (χ1) is 13.0. The van der Waals surface area contributed by atoms with E-state index in [1.54, 1.807) is 48.5 Å². The minimum absolute atomic E-state index is 0.0409. The van der Waals surface area contributed by atoms with Gasteiger partial charge in [-0.2, -0.15) is 0 Å². The molecule has 7 nitrogen and oxygen atoms in total. The summed E-state index contributed by atoms with van der Waals surface area (Å²) in [6.07, 6.45) is -1.03. The quantitative estimate of drug-likeness (QED) is 0.643. The van der Waals surface area contributed by atoms with E-state index in [0.717, 1.165) is 4.90 Å². The second kappa shape index (κ2) is 7.82. The van der Waals surface area contributed by atoms with Gasteiger partial charge >= 0.3 is 5.97 Å². The maximum absolute atomic E-state index is 12.4. The molecule has 0 saturated heterocycles. The molecule has 1 heterocycles. The second-order valence-corrected chi connectivity index (χ2v) is 6.11. The molecule has 3 amide bonds. The van der Waals surface area contributed by atoms with E-state index < -0.39 is 36.3 Å². The SMILES string of the molecule is C[C@H](OC(=O)CN1C(=O)Cc2ccccc2C1=O)C(=O)Nc1ccccc1. The van der Waals surface area contributed by atoms with Crippen molar-refractivity contribution in [2.24, 2.45) is 0 Å². The molecule has 0 fully saturated rings. The first-order valence-electron chi connectivity index (χ1n) is 8.43. The highest BCUT2D eigenvalue weighted by Gasteiger charge is 2.33. The number of nitrogens with one attached hydrogen (secondary N) is 1. The number of benzene rings is 2. The van der Waals surface area contributed by atoms with Crippen molar-refractivity contribution in [3.63, 3.8) is 0 Å². The Morgan fingerprint density at radius 2 is 1.74 bits per heavy atom. The van der Waals surface area contributed by atoms with E-state index in [0.29, 0.717) is 16.8 Å². The first-order valence-corrected chi connectivity index (χ1v) is 8.43. The molecule has 0 unspecified atom stereocenters. The number of imide groups is 1. The molecule has 27 heavy (non-hydrogen) atoms. The van der Waals surface area contributed by atoms with Gasteiger partial charge in [0, 0.05) is 11.3 Å². The van der Waals surface area contributed by atoms with Crippen molar-refractivity contribution in [1.29, 1.82) is 0 Å². The molecule has 1 atom stereocenters. The summed E-state index contributed by atoms with van der Waals surface area (Å²) in [4.78, 5) is 49.7. The van der Waals surface area contributed by atoms with Gasteiger partial charge in [0.05, 0.1) is 6.42 Å². The molecule has 0 bridgehead atoms. The zero-order chi connectivity index (χ0) is 19.4. The first kappa shape index (κ1) is 18.3. The van der Waals surface area contributed by atoms with E-state index in [2.05, 4.69) is 5.32 Å². The van der Waals surface area contributed by atoms with Crippen LogP contribution in [0, 0.1) is 0 Å². The van der Waals surface area contributed by atoms with Crippen molar-refractivity contribution in [2.45, 2.75) is 19.4 Å². The Labute approximate surface area is 155 Å². The highest BCUT2D eigenvalue weighted by Crippen LogP contribution is 2.19. The zero-order valence-corrected chi connectivity index (χ0v) is 14.7. The maximum Gasteiger partial charge on any atom is 0.326 e. The maximum atomic E-state index is 12.4. The van der Waals surface area contributed by atoms with Gasteiger partial charge in [-0.3, -0.25) is 24.1 Å². The minimum Gasteiger partial charge on any atom is -0.451 e. The highest BCUT2D eigenvalue weighted by atomic mass is 16.5. The molecule has 0 spiro atoms. The van der Waals surface area contributed by atoms with Crippen molar-refractivity contribution in [3.8, 4) is 0 Å². The molecular formula is C20H18N2O5. The molecule has 0 saturated carbocycles. The summed E-state index contributed by atoms with van der Waals surface area (Å²) >= 11 is 0. The van der Waals surface area contributed by atoms with E-state index in [1.807, 2.05) is 6.07 Å². The molecule has 3 rings (SSSR count). The summed E-state index contributed by atoms with van der Waals surface area (Å²) < 4.78 is 5.07. The Kier molecular flexibility index (Phi) is 5.30. The number of ether oxygens (including phenoxy) is 1. The number of hydrogen-bond acceptors (Lipinski definition) is 5. The van der Waals surface area contributed by atoms with Gasteiger partial charge in [0.2, 0.25) is 5.91 Å². The molecule has 2 aromatic rings. The van der Waals surface area contributed by atoms with Gasteiger partial charge in [-0.1, -0.05) is 36.4 Å². The lowest BCUT2D eigenvalue weighted by Crippen LogP contribution is -2.46. The van der Waals surface area contributed by atoms with Crippen LogP contribution in [0.25, 0.3) is 0 Å². The lowest BCUT2D eigenvalue weighted by atomic mass is 9.98. The number of rotatable bonds is 5. The van der Waals surface area contributed by atoms with Gasteiger partial charge in [-0.25, -0.2) is 0 Å². The van der Waals surface area contributed by atoms with E-state index in [-0.39, 0.29) is 6.42 Å². The molecule has 0 aliphatic carbocycles. The fraction of sp³-hybridized carbons (Fsp3) is 0.200. The Balaban J connectivity index is 1.59. The normalized spacial score (nSPS) is 14.3. The summed E-state index contributed by atoms with van der Waals surface area (Å²) in [7, 11) is 0. The Hall–Kier alpha value is -3.48. The number of nitrogens with zero attached hydrogens (tertiary/aromatic N) is 1. The van der Waals surface area contributed by atoms with Crippen LogP contribution in [0.4, 0.5) is 5.69 Å². The number of para-hydroxylation sites is 1. The summed E-state index contributed by atoms with van der Waals surface area (Å²) in [5.41, 5.74) is 1.59. The largest absolute Gasteiger partial charge is 0.451 e. The van der Waals surface area contributed by atoms with Crippen molar-refractivity contribution >= 4 is 29.4 Å². The van der Waals surface area contributed by atoms with E-state index >= 15 is 0 Å². The summed E-state index contributed by atoms with van der Waals surface area (Å²) in [6, 6.07) is 15.5.